The van der Waals surface area contributed by atoms with Crippen molar-refractivity contribution in [2.24, 2.45) is 5.16 Å². The lowest BCUT2D eigenvalue weighted by atomic mass is 10.1. The molecule has 2 aromatic rings. The SMILES string of the molecule is CCOC(=O)C(C)=NOSPc1cc(Oc2ccc(C(F)(F)F)cc2Cl)c(CC)cc1[N+](=O)[O-]. The summed E-state index contributed by atoms with van der Waals surface area (Å²) in [6.45, 7) is 4.94. The summed E-state index contributed by atoms with van der Waals surface area (Å²) in [4.78, 5) is 22.5. The predicted molar refractivity (Wildman–Crippen MR) is 125 cm³/mol. The van der Waals surface area contributed by atoms with E-state index in [0.717, 1.165) is 29.9 Å². The molecule has 0 radical (unpaired) electrons. The molecule has 0 heterocycles. The quantitative estimate of drug-likeness (QED) is 0.0652. The first kappa shape index (κ1) is 27.7. The van der Waals surface area contributed by atoms with Gasteiger partial charge in [-0.3, -0.25) is 10.1 Å². The summed E-state index contributed by atoms with van der Waals surface area (Å²) < 4.78 is 54.2. The van der Waals surface area contributed by atoms with E-state index in [1.807, 2.05) is 0 Å². The Bertz CT molecular complexity index is 1100. The lowest BCUT2D eigenvalue weighted by Crippen LogP contribution is -2.13. The molecule has 0 amide bonds. The minimum Gasteiger partial charge on any atom is -0.461 e. The molecule has 8 nitrogen and oxygen atoms in total. The number of carbonyl (C=O) groups excluding carboxylic acids is 1. The van der Waals surface area contributed by atoms with Crippen LogP contribution in [0.3, 0.4) is 0 Å². The molecule has 0 saturated heterocycles. The molecule has 0 spiro atoms. The topological polar surface area (TPSA) is 100 Å². The standard InChI is InChI=1S/C20H19ClF3N2O6PS/c1-4-12-8-15(26(28)29)18(33-34-32-25-11(3)19(27)30-5-2)10-17(12)31-16-7-6-13(9-14(16)21)20(22,23)24/h6-10,33H,4-5H2,1-3H3. The maximum atomic E-state index is 12.9. The van der Waals surface area contributed by atoms with Crippen LogP contribution in [0.2, 0.25) is 5.02 Å². The molecule has 0 fully saturated rings. The Hall–Kier alpha value is -2.56. The van der Waals surface area contributed by atoms with Crippen LogP contribution in [0.25, 0.3) is 0 Å². The summed E-state index contributed by atoms with van der Waals surface area (Å²) in [5.74, 6) is -0.496. The van der Waals surface area contributed by atoms with Crippen LogP contribution in [0.5, 0.6) is 11.5 Å². The van der Waals surface area contributed by atoms with Gasteiger partial charge in [-0.15, -0.1) is 0 Å². The number of carbonyl (C=O) groups is 1. The van der Waals surface area contributed by atoms with Gasteiger partial charge in [-0.25, -0.2) is 4.79 Å². The van der Waals surface area contributed by atoms with E-state index in [9.17, 15) is 28.1 Å². The van der Waals surface area contributed by atoms with Crippen LogP contribution in [0.15, 0.2) is 35.5 Å². The highest BCUT2D eigenvalue weighted by molar-refractivity contribution is 8.49. The number of rotatable bonds is 10. The van der Waals surface area contributed by atoms with Crippen molar-refractivity contribution >= 4 is 53.7 Å². The number of benzene rings is 2. The van der Waals surface area contributed by atoms with Crippen LogP contribution in [-0.4, -0.2) is 23.2 Å². The second-order valence-electron chi connectivity index (χ2n) is 6.49. The Labute approximate surface area is 203 Å². The van der Waals surface area contributed by atoms with E-state index in [0.29, 0.717) is 12.0 Å². The number of nitro groups is 1. The molecule has 1 unspecified atom stereocenters. The minimum absolute atomic E-state index is 0.0315. The Morgan fingerprint density at radius 3 is 2.50 bits per heavy atom. The molecule has 0 bridgehead atoms. The fraction of sp³-hybridized carbons (Fsp3) is 0.300. The third-order valence-electron chi connectivity index (χ3n) is 4.17. The Balaban J connectivity index is 2.29. The van der Waals surface area contributed by atoms with E-state index < -0.39 is 22.6 Å². The van der Waals surface area contributed by atoms with Crippen LogP contribution in [-0.2, 0) is 26.4 Å². The molecule has 2 rings (SSSR count). The van der Waals surface area contributed by atoms with Crippen LogP contribution in [0, 0.1) is 10.1 Å². The third kappa shape index (κ3) is 7.48. The molecule has 0 aliphatic rings. The van der Waals surface area contributed by atoms with Crippen LogP contribution < -0.4 is 10.0 Å². The van der Waals surface area contributed by atoms with Gasteiger partial charge in [0.25, 0.3) is 5.69 Å². The van der Waals surface area contributed by atoms with Crippen molar-refractivity contribution in [3.8, 4) is 11.5 Å². The van der Waals surface area contributed by atoms with Gasteiger partial charge in [-0.2, -0.15) is 13.2 Å². The first-order chi connectivity index (χ1) is 16.0. The van der Waals surface area contributed by atoms with Crippen LogP contribution in [0.4, 0.5) is 18.9 Å². The Morgan fingerprint density at radius 2 is 1.94 bits per heavy atom. The molecule has 0 N–H and O–H groups in total. The maximum absolute atomic E-state index is 12.9. The lowest BCUT2D eigenvalue weighted by Gasteiger charge is -2.14. The summed E-state index contributed by atoms with van der Waals surface area (Å²) in [6, 6.07) is 5.38. The van der Waals surface area contributed by atoms with Crippen molar-refractivity contribution in [1.82, 2.24) is 0 Å². The smallest absolute Gasteiger partial charge is 0.416 e. The molecular weight excluding hydrogens is 520 g/mol. The Morgan fingerprint density at radius 1 is 1.24 bits per heavy atom. The van der Waals surface area contributed by atoms with Gasteiger partial charge in [-0.1, -0.05) is 23.7 Å². The van der Waals surface area contributed by atoms with E-state index in [2.05, 4.69) is 5.16 Å². The van der Waals surface area contributed by atoms with E-state index in [1.54, 1.807) is 13.8 Å². The number of halogens is 4. The minimum atomic E-state index is -4.57. The number of nitrogens with zero attached hydrogens (tertiary/aromatic N) is 2. The second-order valence-corrected chi connectivity index (χ2v) is 9.07. The van der Waals surface area contributed by atoms with Gasteiger partial charge in [0.15, 0.2) is 5.71 Å². The van der Waals surface area contributed by atoms with Gasteiger partial charge in [0.05, 0.1) is 27.4 Å². The van der Waals surface area contributed by atoms with Gasteiger partial charge in [0, 0.05) is 19.4 Å². The fourth-order valence-electron chi connectivity index (χ4n) is 2.51. The van der Waals surface area contributed by atoms with E-state index in [1.165, 1.54) is 19.1 Å². The molecule has 34 heavy (non-hydrogen) atoms. The zero-order valence-corrected chi connectivity index (χ0v) is 20.6. The number of aryl methyl sites for hydroxylation is 1. The van der Waals surface area contributed by atoms with Crippen molar-refractivity contribution in [2.75, 3.05) is 6.61 Å². The monoisotopic (exact) mass is 538 g/mol. The van der Waals surface area contributed by atoms with Gasteiger partial charge < -0.3 is 13.8 Å². The normalized spacial score (nSPS) is 12.1. The predicted octanol–water partition coefficient (Wildman–Crippen LogP) is 6.44. The Kier molecular flexibility index (Phi) is 9.96. The molecule has 0 saturated carbocycles. The highest BCUT2D eigenvalue weighted by Gasteiger charge is 2.31. The summed E-state index contributed by atoms with van der Waals surface area (Å²) in [5.41, 5.74) is -0.698. The number of hydrogen-bond acceptors (Lipinski definition) is 8. The number of hydrogen-bond donors (Lipinski definition) is 0. The van der Waals surface area contributed by atoms with Gasteiger partial charge in [-0.05, 0) is 44.5 Å². The second kappa shape index (κ2) is 12.2. The lowest BCUT2D eigenvalue weighted by molar-refractivity contribution is -0.383. The number of alkyl halides is 3. The van der Waals surface area contributed by atoms with E-state index in [4.69, 9.17) is 25.4 Å². The molecule has 0 aliphatic heterocycles. The van der Waals surface area contributed by atoms with Crippen LogP contribution >= 0.6 is 31.0 Å². The van der Waals surface area contributed by atoms with Crippen molar-refractivity contribution in [1.29, 1.82) is 0 Å². The summed E-state index contributed by atoms with van der Waals surface area (Å²) in [6.07, 6.45) is -4.21. The first-order valence-corrected chi connectivity index (χ1v) is 12.5. The number of oxime groups is 1. The largest absolute Gasteiger partial charge is 0.461 e. The molecule has 2 aromatic carbocycles. The van der Waals surface area contributed by atoms with Crippen molar-refractivity contribution in [3.05, 3.63) is 56.6 Å². The van der Waals surface area contributed by atoms with Crippen molar-refractivity contribution in [2.45, 2.75) is 33.4 Å². The third-order valence-corrected chi connectivity index (χ3v) is 6.45. The van der Waals surface area contributed by atoms with E-state index >= 15 is 0 Å². The fourth-order valence-corrected chi connectivity index (χ4v) is 4.44. The average molecular weight is 539 g/mol. The van der Waals surface area contributed by atoms with Gasteiger partial charge in [0.1, 0.15) is 23.2 Å². The molecule has 14 heteroatoms. The molecular formula is C20H19ClF3N2O6PS. The first-order valence-electron chi connectivity index (χ1n) is 9.64. The number of nitro benzene ring substituents is 1. The molecule has 184 valence electrons. The summed E-state index contributed by atoms with van der Waals surface area (Å²) >= 11 is 6.73. The summed E-state index contributed by atoms with van der Waals surface area (Å²) in [7, 11) is -0.336. The zero-order valence-electron chi connectivity index (χ0n) is 18.1. The van der Waals surface area contributed by atoms with Gasteiger partial charge in [0.2, 0.25) is 0 Å². The van der Waals surface area contributed by atoms with Crippen molar-refractivity contribution in [3.63, 3.8) is 0 Å². The zero-order chi connectivity index (χ0) is 25.5. The molecule has 0 aromatic heterocycles. The number of esters is 1. The van der Waals surface area contributed by atoms with Gasteiger partial charge >= 0.3 is 12.1 Å². The van der Waals surface area contributed by atoms with Crippen molar-refractivity contribution < 1.29 is 36.6 Å². The molecule has 1 atom stereocenters. The molecule has 0 aliphatic carbocycles. The van der Waals surface area contributed by atoms with Crippen LogP contribution in [0.1, 0.15) is 31.9 Å². The summed E-state index contributed by atoms with van der Waals surface area (Å²) in [5, 5.41) is 15.1. The highest BCUT2D eigenvalue weighted by atomic mass is 35.5. The maximum Gasteiger partial charge on any atom is 0.416 e. The van der Waals surface area contributed by atoms with E-state index in [-0.39, 0.29) is 47.6 Å². The number of ether oxygens (including phenoxy) is 2. The highest BCUT2D eigenvalue weighted by Crippen LogP contribution is 2.40. The average Bonchev–Trinajstić information content (AvgIpc) is 2.77.